The minimum atomic E-state index is -0.751. The van der Waals surface area contributed by atoms with Gasteiger partial charge in [-0.3, -0.25) is 0 Å². The molecular weight excluding hydrogens is 282 g/mol. The Morgan fingerprint density at radius 2 is 1.90 bits per heavy atom. The maximum atomic E-state index is 13.7. The second kappa shape index (κ2) is 5.89. The van der Waals surface area contributed by atoms with Gasteiger partial charge in [0.15, 0.2) is 0 Å². The molecule has 2 aromatic carbocycles. The van der Waals surface area contributed by atoms with Crippen molar-refractivity contribution in [3.63, 3.8) is 0 Å². The first kappa shape index (κ1) is 14.3. The van der Waals surface area contributed by atoms with Crippen LogP contribution in [0.4, 0.5) is 14.5 Å². The van der Waals surface area contributed by atoms with Gasteiger partial charge in [0.05, 0.1) is 22.3 Å². The quantitative estimate of drug-likeness (QED) is 0.909. The highest BCUT2D eigenvalue weighted by Crippen LogP contribution is 2.26. The van der Waals surface area contributed by atoms with Crippen molar-refractivity contribution in [2.24, 2.45) is 0 Å². The lowest BCUT2D eigenvalue weighted by Crippen LogP contribution is -2.06. The van der Waals surface area contributed by atoms with Crippen LogP contribution in [0, 0.1) is 29.9 Å². The number of anilines is 1. The molecule has 0 atom stereocenters. The van der Waals surface area contributed by atoms with Gasteiger partial charge in [-0.2, -0.15) is 5.26 Å². The zero-order valence-corrected chi connectivity index (χ0v) is 11.4. The van der Waals surface area contributed by atoms with Gasteiger partial charge < -0.3 is 5.32 Å². The molecule has 102 valence electrons. The van der Waals surface area contributed by atoms with E-state index in [4.69, 9.17) is 16.9 Å². The second-order valence-electron chi connectivity index (χ2n) is 4.32. The highest BCUT2D eigenvalue weighted by atomic mass is 35.5. The highest BCUT2D eigenvalue weighted by molar-refractivity contribution is 6.33. The molecule has 0 saturated heterocycles. The number of nitrogens with one attached hydrogen (secondary N) is 1. The van der Waals surface area contributed by atoms with Crippen molar-refractivity contribution in [1.82, 2.24) is 0 Å². The van der Waals surface area contributed by atoms with Gasteiger partial charge in [0.25, 0.3) is 0 Å². The van der Waals surface area contributed by atoms with Gasteiger partial charge in [-0.1, -0.05) is 23.7 Å². The van der Waals surface area contributed by atoms with Crippen LogP contribution in [0.25, 0.3) is 0 Å². The predicted molar refractivity (Wildman–Crippen MR) is 74.6 cm³/mol. The Hall–Kier alpha value is -2.12. The fourth-order valence-corrected chi connectivity index (χ4v) is 2.16. The number of benzene rings is 2. The minimum absolute atomic E-state index is 0.0438. The number of para-hydroxylation sites is 1. The van der Waals surface area contributed by atoms with Crippen molar-refractivity contribution >= 4 is 17.3 Å². The Morgan fingerprint density at radius 1 is 1.25 bits per heavy atom. The van der Waals surface area contributed by atoms with Crippen LogP contribution < -0.4 is 5.32 Å². The average Bonchev–Trinajstić information content (AvgIpc) is 2.40. The summed E-state index contributed by atoms with van der Waals surface area (Å²) in [6.07, 6.45) is 0. The summed E-state index contributed by atoms with van der Waals surface area (Å²) in [6, 6.07) is 9.07. The molecule has 2 aromatic rings. The SMILES string of the molecule is Cc1cccc(Cl)c1NCc1c(F)cc(C#N)cc1F. The number of nitrogens with zero attached hydrogens (tertiary/aromatic N) is 1. The fourth-order valence-electron chi connectivity index (χ4n) is 1.87. The monoisotopic (exact) mass is 292 g/mol. The summed E-state index contributed by atoms with van der Waals surface area (Å²) < 4.78 is 27.5. The molecule has 0 saturated carbocycles. The smallest absolute Gasteiger partial charge is 0.132 e. The summed E-state index contributed by atoms with van der Waals surface area (Å²) in [5.74, 6) is -1.50. The van der Waals surface area contributed by atoms with Crippen molar-refractivity contribution in [1.29, 1.82) is 5.26 Å². The van der Waals surface area contributed by atoms with Gasteiger partial charge in [-0.05, 0) is 30.7 Å². The molecular formula is C15H11ClF2N2. The lowest BCUT2D eigenvalue weighted by Gasteiger charge is -2.12. The third-order valence-corrected chi connectivity index (χ3v) is 3.25. The summed E-state index contributed by atoms with van der Waals surface area (Å²) in [6.45, 7) is 1.80. The van der Waals surface area contributed by atoms with E-state index in [9.17, 15) is 8.78 Å². The Labute approximate surface area is 120 Å². The van der Waals surface area contributed by atoms with E-state index >= 15 is 0 Å². The molecule has 0 unspecified atom stereocenters. The van der Waals surface area contributed by atoms with E-state index in [1.165, 1.54) is 0 Å². The third-order valence-electron chi connectivity index (χ3n) is 2.93. The van der Waals surface area contributed by atoms with Crippen molar-refractivity contribution in [2.75, 3.05) is 5.32 Å². The van der Waals surface area contributed by atoms with Crippen molar-refractivity contribution in [3.05, 3.63) is 63.7 Å². The van der Waals surface area contributed by atoms with Crippen molar-refractivity contribution < 1.29 is 8.78 Å². The molecule has 5 heteroatoms. The molecule has 0 radical (unpaired) electrons. The molecule has 0 aromatic heterocycles. The van der Waals surface area contributed by atoms with Crippen LogP contribution in [0.15, 0.2) is 30.3 Å². The molecule has 0 fully saturated rings. The number of aryl methyl sites for hydroxylation is 1. The van der Waals surface area contributed by atoms with Crippen LogP contribution in [0.2, 0.25) is 5.02 Å². The van der Waals surface area contributed by atoms with Gasteiger partial charge in [0, 0.05) is 12.1 Å². The van der Waals surface area contributed by atoms with Crippen LogP contribution in [-0.2, 0) is 6.54 Å². The normalized spacial score (nSPS) is 10.2. The molecule has 0 spiro atoms. The molecule has 0 bridgehead atoms. The zero-order chi connectivity index (χ0) is 14.7. The summed E-state index contributed by atoms with van der Waals surface area (Å²) >= 11 is 6.03. The van der Waals surface area contributed by atoms with E-state index < -0.39 is 11.6 Å². The topological polar surface area (TPSA) is 35.8 Å². The molecule has 0 amide bonds. The summed E-state index contributed by atoms with van der Waals surface area (Å²) in [5.41, 5.74) is 1.35. The number of hydrogen-bond donors (Lipinski definition) is 1. The van der Waals surface area contributed by atoms with Crippen LogP contribution in [0.1, 0.15) is 16.7 Å². The lowest BCUT2D eigenvalue weighted by molar-refractivity contribution is 0.559. The predicted octanol–water partition coefficient (Wildman–Crippen LogP) is 4.41. The number of rotatable bonds is 3. The van der Waals surface area contributed by atoms with E-state index in [1.807, 2.05) is 13.0 Å². The van der Waals surface area contributed by atoms with Crippen LogP contribution in [-0.4, -0.2) is 0 Å². The Bertz CT molecular complexity index is 650. The zero-order valence-electron chi connectivity index (χ0n) is 10.7. The maximum absolute atomic E-state index is 13.7. The minimum Gasteiger partial charge on any atom is -0.379 e. The van der Waals surface area contributed by atoms with Gasteiger partial charge >= 0.3 is 0 Å². The Kier molecular flexibility index (Phi) is 4.21. The van der Waals surface area contributed by atoms with Crippen molar-refractivity contribution in [3.8, 4) is 6.07 Å². The Balaban J connectivity index is 2.26. The van der Waals surface area contributed by atoms with Gasteiger partial charge in [0.2, 0.25) is 0 Å². The molecule has 0 aliphatic rings. The fraction of sp³-hybridized carbons (Fsp3) is 0.133. The molecule has 2 rings (SSSR count). The first-order valence-corrected chi connectivity index (χ1v) is 6.27. The standard InChI is InChI=1S/C15H11ClF2N2/c1-9-3-2-4-12(16)15(9)20-8-11-13(17)5-10(7-19)6-14(11)18/h2-6,20H,8H2,1H3. The Morgan fingerprint density at radius 3 is 2.45 bits per heavy atom. The van der Waals surface area contributed by atoms with Crippen LogP contribution >= 0.6 is 11.6 Å². The first-order valence-electron chi connectivity index (χ1n) is 5.90. The number of halogens is 3. The van der Waals surface area contributed by atoms with E-state index in [2.05, 4.69) is 5.32 Å². The molecule has 0 heterocycles. The van der Waals surface area contributed by atoms with E-state index in [0.717, 1.165) is 17.7 Å². The highest BCUT2D eigenvalue weighted by Gasteiger charge is 2.12. The number of hydrogen-bond acceptors (Lipinski definition) is 2. The summed E-state index contributed by atoms with van der Waals surface area (Å²) in [5, 5.41) is 12.0. The van der Waals surface area contributed by atoms with E-state index in [1.54, 1.807) is 18.2 Å². The number of nitriles is 1. The molecule has 0 aliphatic carbocycles. The van der Waals surface area contributed by atoms with E-state index in [-0.39, 0.29) is 17.7 Å². The second-order valence-corrected chi connectivity index (χ2v) is 4.72. The molecule has 0 aliphatic heterocycles. The first-order chi connectivity index (χ1) is 9.52. The van der Waals surface area contributed by atoms with Gasteiger partial charge in [-0.25, -0.2) is 8.78 Å². The molecule has 1 N–H and O–H groups in total. The lowest BCUT2D eigenvalue weighted by atomic mass is 10.1. The maximum Gasteiger partial charge on any atom is 0.132 e. The van der Waals surface area contributed by atoms with Crippen molar-refractivity contribution in [2.45, 2.75) is 13.5 Å². The van der Waals surface area contributed by atoms with Crippen LogP contribution in [0.5, 0.6) is 0 Å². The molecule has 20 heavy (non-hydrogen) atoms. The van der Waals surface area contributed by atoms with Gasteiger partial charge in [-0.15, -0.1) is 0 Å². The average molecular weight is 293 g/mol. The van der Waals surface area contributed by atoms with Crippen LogP contribution in [0.3, 0.4) is 0 Å². The largest absolute Gasteiger partial charge is 0.379 e. The van der Waals surface area contributed by atoms with Gasteiger partial charge in [0.1, 0.15) is 11.6 Å². The van der Waals surface area contributed by atoms with E-state index in [0.29, 0.717) is 10.7 Å². The molecule has 2 nitrogen and oxygen atoms in total. The summed E-state index contributed by atoms with van der Waals surface area (Å²) in [4.78, 5) is 0. The summed E-state index contributed by atoms with van der Waals surface area (Å²) in [7, 11) is 0. The third kappa shape index (κ3) is 2.89.